The molecule has 0 atom stereocenters. The second-order valence-corrected chi connectivity index (χ2v) is 4.28. The average molecular weight is 227 g/mol. The first-order valence-corrected chi connectivity index (χ1v) is 5.69. The van der Waals surface area contributed by atoms with Crippen molar-refractivity contribution in [1.82, 2.24) is 5.32 Å². The molecule has 1 aromatic carbocycles. The molecule has 84 valence electrons. The van der Waals surface area contributed by atoms with Crippen LogP contribution in [0.4, 0.5) is 5.69 Å². The molecule has 0 aliphatic rings. The minimum atomic E-state index is 0.800. The maximum atomic E-state index is 5.99. The highest BCUT2D eigenvalue weighted by Crippen LogP contribution is 2.22. The molecular formula is C12H19ClN2. The summed E-state index contributed by atoms with van der Waals surface area (Å²) in [6.07, 6.45) is 1.15. The Hall–Kier alpha value is -0.730. The molecule has 0 amide bonds. The number of benzene rings is 1. The molecule has 0 aromatic heterocycles. The normalized spacial score (nSPS) is 10.4. The Kier molecular flexibility index (Phi) is 4.92. The maximum Gasteiger partial charge on any atom is 0.0410 e. The second kappa shape index (κ2) is 5.99. The van der Waals surface area contributed by atoms with Crippen molar-refractivity contribution < 1.29 is 0 Å². The summed E-state index contributed by atoms with van der Waals surface area (Å²) >= 11 is 5.99. The van der Waals surface area contributed by atoms with Gasteiger partial charge >= 0.3 is 0 Å². The van der Waals surface area contributed by atoms with Crippen LogP contribution in [-0.2, 0) is 6.54 Å². The molecule has 0 radical (unpaired) electrons. The molecule has 0 saturated heterocycles. The summed E-state index contributed by atoms with van der Waals surface area (Å²) in [4.78, 5) is 2.11. The highest BCUT2D eigenvalue weighted by Gasteiger charge is 2.04. The van der Waals surface area contributed by atoms with E-state index in [4.69, 9.17) is 11.6 Å². The van der Waals surface area contributed by atoms with E-state index in [1.54, 1.807) is 0 Å². The molecule has 0 bridgehead atoms. The van der Waals surface area contributed by atoms with Crippen LogP contribution in [0.5, 0.6) is 0 Å². The van der Waals surface area contributed by atoms with Crippen molar-refractivity contribution in [2.24, 2.45) is 0 Å². The monoisotopic (exact) mass is 226 g/mol. The summed E-state index contributed by atoms with van der Waals surface area (Å²) in [5.74, 6) is 0. The Bertz CT molecular complexity index is 310. The van der Waals surface area contributed by atoms with Crippen molar-refractivity contribution in [2.75, 3.05) is 25.5 Å². The van der Waals surface area contributed by atoms with Crippen LogP contribution < -0.4 is 10.2 Å². The van der Waals surface area contributed by atoms with Crippen LogP contribution in [-0.4, -0.2) is 20.6 Å². The molecule has 0 unspecified atom stereocenters. The molecule has 0 heterocycles. The van der Waals surface area contributed by atoms with E-state index in [9.17, 15) is 0 Å². The molecule has 15 heavy (non-hydrogen) atoms. The SMILES string of the molecule is CCCNCc1cc(Cl)ccc1N(C)C. The van der Waals surface area contributed by atoms with Gasteiger partial charge in [-0.05, 0) is 36.7 Å². The smallest absolute Gasteiger partial charge is 0.0410 e. The van der Waals surface area contributed by atoms with E-state index in [2.05, 4.69) is 23.2 Å². The molecule has 0 spiro atoms. The summed E-state index contributed by atoms with van der Waals surface area (Å²) < 4.78 is 0. The Morgan fingerprint density at radius 2 is 2.07 bits per heavy atom. The Labute approximate surface area is 97.2 Å². The predicted octanol–water partition coefficient (Wildman–Crippen LogP) is 2.91. The number of nitrogens with zero attached hydrogens (tertiary/aromatic N) is 1. The number of anilines is 1. The van der Waals surface area contributed by atoms with Crippen LogP contribution in [0, 0.1) is 0 Å². The number of hydrogen-bond donors (Lipinski definition) is 1. The molecule has 0 saturated carbocycles. The summed E-state index contributed by atoms with van der Waals surface area (Å²) in [6.45, 7) is 4.08. The summed E-state index contributed by atoms with van der Waals surface area (Å²) in [5, 5.41) is 4.19. The minimum absolute atomic E-state index is 0.800. The zero-order chi connectivity index (χ0) is 11.3. The highest BCUT2D eigenvalue weighted by molar-refractivity contribution is 6.30. The van der Waals surface area contributed by atoms with Crippen molar-refractivity contribution in [3.8, 4) is 0 Å². The van der Waals surface area contributed by atoms with Gasteiger partial charge in [-0.15, -0.1) is 0 Å². The lowest BCUT2D eigenvalue weighted by atomic mass is 10.1. The van der Waals surface area contributed by atoms with Gasteiger partial charge in [0.1, 0.15) is 0 Å². The van der Waals surface area contributed by atoms with Crippen LogP contribution in [0.15, 0.2) is 18.2 Å². The standard InChI is InChI=1S/C12H19ClN2/c1-4-7-14-9-10-8-11(13)5-6-12(10)15(2)3/h5-6,8,14H,4,7,9H2,1-3H3. The molecule has 3 heteroatoms. The average Bonchev–Trinajstić information content (AvgIpc) is 2.18. The second-order valence-electron chi connectivity index (χ2n) is 3.84. The van der Waals surface area contributed by atoms with Crippen molar-refractivity contribution in [3.63, 3.8) is 0 Å². The van der Waals surface area contributed by atoms with Gasteiger partial charge in [-0.3, -0.25) is 0 Å². The van der Waals surface area contributed by atoms with Crippen LogP contribution in [0.3, 0.4) is 0 Å². The zero-order valence-electron chi connectivity index (χ0n) is 9.68. The Balaban J connectivity index is 2.77. The zero-order valence-corrected chi connectivity index (χ0v) is 10.4. The molecule has 1 rings (SSSR count). The maximum absolute atomic E-state index is 5.99. The first kappa shape index (κ1) is 12.3. The Morgan fingerprint density at radius 3 is 2.67 bits per heavy atom. The van der Waals surface area contributed by atoms with Crippen LogP contribution in [0.2, 0.25) is 5.02 Å². The van der Waals surface area contributed by atoms with E-state index < -0.39 is 0 Å². The van der Waals surface area contributed by atoms with Crippen molar-refractivity contribution in [3.05, 3.63) is 28.8 Å². The van der Waals surface area contributed by atoms with Gasteiger partial charge in [0, 0.05) is 31.4 Å². The van der Waals surface area contributed by atoms with Crippen molar-refractivity contribution in [2.45, 2.75) is 19.9 Å². The van der Waals surface area contributed by atoms with E-state index in [0.717, 1.165) is 24.5 Å². The third-order valence-corrected chi connectivity index (χ3v) is 2.50. The molecule has 1 N–H and O–H groups in total. The van der Waals surface area contributed by atoms with E-state index >= 15 is 0 Å². The Morgan fingerprint density at radius 1 is 1.33 bits per heavy atom. The highest BCUT2D eigenvalue weighted by atomic mass is 35.5. The first-order chi connectivity index (χ1) is 7.15. The fraction of sp³-hybridized carbons (Fsp3) is 0.500. The van der Waals surface area contributed by atoms with Gasteiger partial charge in [-0.2, -0.15) is 0 Å². The van der Waals surface area contributed by atoms with Gasteiger partial charge in [-0.25, -0.2) is 0 Å². The predicted molar refractivity (Wildman–Crippen MR) is 67.8 cm³/mol. The van der Waals surface area contributed by atoms with Gasteiger partial charge < -0.3 is 10.2 Å². The largest absolute Gasteiger partial charge is 0.377 e. The topological polar surface area (TPSA) is 15.3 Å². The van der Waals surface area contributed by atoms with Gasteiger partial charge in [0.25, 0.3) is 0 Å². The molecular weight excluding hydrogens is 208 g/mol. The third-order valence-electron chi connectivity index (χ3n) is 2.27. The molecule has 1 aromatic rings. The molecule has 0 fully saturated rings. The van der Waals surface area contributed by atoms with Crippen molar-refractivity contribution in [1.29, 1.82) is 0 Å². The van der Waals surface area contributed by atoms with E-state index in [1.807, 2.05) is 26.2 Å². The minimum Gasteiger partial charge on any atom is -0.377 e. The number of hydrogen-bond acceptors (Lipinski definition) is 2. The lowest BCUT2D eigenvalue weighted by molar-refractivity contribution is 0.675. The summed E-state index contributed by atoms with van der Waals surface area (Å²) in [7, 11) is 4.10. The number of halogens is 1. The quantitative estimate of drug-likeness (QED) is 0.777. The lowest BCUT2D eigenvalue weighted by Gasteiger charge is -2.18. The molecule has 0 aliphatic carbocycles. The lowest BCUT2D eigenvalue weighted by Crippen LogP contribution is -2.18. The fourth-order valence-electron chi connectivity index (χ4n) is 1.53. The number of rotatable bonds is 5. The molecule has 0 aliphatic heterocycles. The van der Waals surface area contributed by atoms with Crippen LogP contribution >= 0.6 is 11.6 Å². The third kappa shape index (κ3) is 3.73. The van der Waals surface area contributed by atoms with Crippen LogP contribution in [0.25, 0.3) is 0 Å². The summed E-state index contributed by atoms with van der Waals surface area (Å²) in [5.41, 5.74) is 2.48. The van der Waals surface area contributed by atoms with E-state index in [0.29, 0.717) is 0 Å². The first-order valence-electron chi connectivity index (χ1n) is 5.31. The van der Waals surface area contributed by atoms with E-state index in [1.165, 1.54) is 11.3 Å². The van der Waals surface area contributed by atoms with E-state index in [-0.39, 0.29) is 0 Å². The van der Waals surface area contributed by atoms with Crippen molar-refractivity contribution >= 4 is 17.3 Å². The summed E-state index contributed by atoms with van der Waals surface area (Å²) in [6, 6.07) is 6.02. The van der Waals surface area contributed by atoms with Gasteiger partial charge in [0.15, 0.2) is 0 Å². The molecule has 2 nitrogen and oxygen atoms in total. The fourth-order valence-corrected chi connectivity index (χ4v) is 1.73. The van der Waals surface area contributed by atoms with Gasteiger partial charge in [0.2, 0.25) is 0 Å². The van der Waals surface area contributed by atoms with Gasteiger partial charge in [-0.1, -0.05) is 18.5 Å². The number of nitrogens with one attached hydrogen (secondary N) is 1. The van der Waals surface area contributed by atoms with Crippen LogP contribution in [0.1, 0.15) is 18.9 Å². The van der Waals surface area contributed by atoms with Gasteiger partial charge in [0.05, 0.1) is 0 Å².